The first-order valence-electron chi connectivity index (χ1n) is 3.91. The number of nitrogens with zero attached hydrogens (tertiary/aromatic N) is 1. The van der Waals surface area contributed by atoms with Crippen LogP contribution in [0.2, 0.25) is 0 Å². The second-order valence-electron chi connectivity index (χ2n) is 2.89. The lowest BCUT2D eigenvalue weighted by atomic mass is 10.2. The number of aromatic nitrogens is 1. The van der Waals surface area contributed by atoms with Gasteiger partial charge in [0.25, 0.3) is 0 Å². The summed E-state index contributed by atoms with van der Waals surface area (Å²) in [4.78, 5) is 3.98. The molecule has 1 aromatic carbocycles. The van der Waals surface area contributed by atoms with Crippen molar-refractivity contribution in [1.82, 2.24) is 4.98 Å². The number of pyridine rings is 1. The first-order valence-corrected chi connectivity index (χ1v) is 3.91. The molecule has 0 radical (unpaired) electrons. The number of hydrogen-bond acceptors (Lipinski definition) is 2. The molecule has 0 saturated heterocycles. The molecular weight excluding hydrogens is 169 g/mol. The summed E-state index contributed by atoms with van der Waals surface area (Å²) in [5, 5.41) is 11.5. The predicted octanol–water partition coefficient (Wildman–Crippen LogP) is 1.76. The Hall–Kier alpha value is -1.64. The molecule has 0 atom stereocenters. The summed E-state index contributed by atoms with van der Waals surface area (Å²) in [5.74, 6) is -0.637. The molecule has 2 aromatic rings. The zero-order chi connectivity index (χ0) is 9.42. The van der Waals surface area contributed by atoms with Crippen LogP contribution in [0.25, 0.3) is 10.9 Å². The van der Waals surface area contributed by atoms with E-state index < -0.39 is 5.82 Å². The third-order valence-corrected chi connectivity index (χ3v) is 1.91. The van der Waals surface area contributed by atoms with Crippen LogP contribution in [-0.2, 0) is 0 Å². The van der Waals surface area contributed by atoms with Crippen molar-refractivity contribution < 1.29 is 9.50 Å². The number of halogens is 1. The van der Waals surface area contributed by atoms with E-state index in [2.05, 4.69) is 4.98 Å². The summed E-state index contributed by atoms with van der Waals surface area (Å²) >= 11 is 0. The minimum atomic E-state index is -0.401. The monoisotopic (exact) mass is 176 g/mol. The van der Waals surface area contributed by atoms with Gasteiger partial charge < -0.3 is 5.11 Å². The molecule has 0 amide bonds. The molecule has 0 spiro atoms. The molecule has 0 saturated carbocycles. The van der Waals surface area contributed by atoms with E-state index in [1.807, 2.05) is 0 Å². The summed E-state index contributed by atoms with van der Waals surface area (Å²) < 4.78 is 13.1. The normalized spacial score (nSPS) is 10.6. The van der Waals surface area contributed by atoms with E-state index in [-0.39, 0.29) is 16.7 Å². The van der Waals surface area contributed by atoms with Gasteiger partial charge in [-0.15, -0.1) is 0 Å². The molecule has 0 aliphatic rings. The molecule has 2 rings (SSSR count). The highest BCUT2D eigenvalue weighted by atomic mass is 19.1. The summed E-state index contributed by atoms with van der Waals surface area (Å²) in [7, 11) is 0. The smallest absolute Gasteiger partial charge is 0.132 e. The Bertz CT molecular complexity index is 468. The Balaban J connectivity index is 2.92. The predicted molar refractivity (Wildman–Crippen MR) is 45.9 cm³/mol. The largest absolute Gasteiger partial charge is 0.871 e. The van der Waals surface area contributed by atoms with E-state index in [4.69, 9.17) is 0 Å². The lowest BCUT2D eigenvalue weighted by Gasteiger charge is -2.09. The first kappa shape index (κ1) is 7.98. The number of benzene rings is 1. The first-order chi connectivity index (χ1) is 6.18. The van der Waals surface area contributed by atoms with E-state index in [9.17, 15) is 9.50 Å². The van der Waals surface area contributed by atoms with Crippen LogP contribution in [0.3, 0.4) is 0 Å². The molecular formula is C10H7FNO-. The number of hydrogen-bond donors (Lipinski definition) is 0. The van der Waals surface area contributed by atoms with Crippen LogP contribution in [0.15, 0.2) is 24.3 Å². The molecule has 1 aromatic heterocycles. The molecule has 13 heavy (non-hydrogen) atoms. The van der Waals surface area contributed by atoms with Crippen LogP contribution in [0.1, 0.15) is 5.69 Å². The van der Waals surface area contributed by atoms with Crippen molar-refractivity contribution in [1.29, 1.82) is 0 Å². The van der Waals surface area contributed by atoms with Crippen LogP contribution in [0, 0.1) is 12.7 Å². The van der Waals surface area contributed by atoms with Gasteiger partial charge >= 0.3 is 0 Å². The number of rotatable bonds is 0. The van der Waals surface area contributed by atoms with Gasteiger partial charge in [0.1, 0.15) is 5.82 Å². The van der Waals surface area contributed by atoms with Crippen molar-refractivity contribution in [3.8, 4) is 5.75 Å². The van der Waals surface area contributed by atoms with Crippen molar-refractivity contribution in [2.24, 2.45) is 0 Å². The van der Waals surface area contributed by atoms with Gasteiger partial charge in [-0.25, -0.2) is 4.39 Å². The van der Waals surface area contributed by atoms with E-state index in [0.717, 1.165) is 5.69 Å². The van der Waals surface area contributed by atoms with Crippen LogP contribution in [0.5, 0.6) is 5.75 Å². The Morgan fingerprint density at radius 2 is 2.00 bits per heavy atom. The Morgan fingerprint density at radius 1 is 1.23 bits per heavy atom. The Kier molecular flexibility index (Phi) is 1.65. The lowest BCUT2D eigenvalue weighted by molar-refractivity contribution is -0.266. The third-order valence-electron chi connectivity index (χ3n) is 1.91. The van der Waals surface area contributed by atoms with Crippen LogP contribution >= 0.6 is 0 Å². The average molecular weight is 176 g/mol. The van der Waals surface area contributed by atoms with Crippen LogP contribution in [0.4, 0.5) is 4.39 Å². The van der Waals surface area contributed by atoms with E-state index in [0.29, 0.717) is 0 Å². The lowest BCUT2D eigenvalue weighted by Crippen LogP contribution is -1.95. The number of aryl methyl sites for hydroxylation is 1. The fraction of sp³-hybridized carbons (Fsp3) is 0.100. The molecule has 0 aliphatic carbocycles. The SMILES string of the molecule is Cc1ccc2c(F)ccc([O-])c2n1. The molecule has 0 aliphatic heterocycles. The molecule has 1 heterocycles. The maximum Gasteiger partial charge on any atom is 0.132 e. The quantitative estimate of drug-likeness (QED) is 0.613. The molecule has 0 N–H and O–H groups in total. The highest BCUT2D eigenvalue weighted by Crippen LogP contribution is 2.22. The summed E-state index contributed by atoms with van der Waals surface area (Å²) in [6.07, 6.45) is 0. The molecule has 2 nitrogen and oxygen atoms in total. The average Bonchev–Trinajstić information content (AvgIpc) is 2.12. The summed E-state index contributed by atoms with van der Waals surface area (Å²) in [5.41, 5.74) is 0.926. The van der Waals surface area contributed by atoms with Crippen molar-refractivity contribution in [3.63, 3.8) is 0 Å². The highest BCUT2D eigenvalue weighted by molar-refractivity contribution is 5.84. The van der Waals surface area contributed by atoms with Crippen molar-refractivity contribution in [2.45, 2.75) is 6.92 Å². The standard InChI is InChI=1S/C10H8FNO/c1-6-2-3-7-8(11)4-5-9(13)10(7)12-6/h2-5,13H,1H3/p-1. The van der Waals surface area contributed by atoms with Crippen molar-refractivity contribution in [2.75, 3.05) is 0 Å². The topological polar surface area (TPSA) is 36.0 Å². The van der Waals surface area contributed by atoms with Gasteiger partial charge in [0, 0.05) is 11.1 Å². The number of fused-ring (bicyclic) bond motifs is 1. The Morgan fingerprint density at radius 3 is 2.77 bits per heavy atom. The van der Waals surface area contributed by atoms with E-state index in [1.54, 1.807) is 19.1 Å². The highest BCUT2D eigenvalue weighted by Gasteiger charge is 2.01. The van der Waals surface area contributed by atoms with E-state index >= 15 is 0 Å². The molecule has 3 heteroatoms. The summed E-state index contributed by atoms with van der Waals surface area (Å²) in [6, 6.07) is 5.63. The molecule has 0 fully saturated rings. The zero-order valence-corrected chi connectivity index (χ0v) is 7.04. The van der Waals surface area contributed by atoms with Gasteiger partial charge in [0.05, 0.1) is 5.52 Å². The minimum Gasteiger partial charge on any atom is -0.871 e. The second kappa shape index (κ2) is 2.69. The van der Waals surface area contributed by atoms with Crippen molar-refractivity contribution in [3.05, 3.63) is 35.8 Å². The van der Waals surface area contributed by atoms with Gasteiger partial charge in [-0.05, 0) is 25.1 Å². The Labute approximate surface area is 74.7 Å². The minimum absolute atomic E-state index is 0.208. The van der Waals surface area contributed by atoms with Crippen LogP contribution < -0.4 is 5.11 Å². The van der Waals surface area contributed by atoms with Gasteiger partial charge in [-0.2, -0.15) is 0 Å². The fourth-order valence-electron chi connectivity index (χ4n) is 1.25. The van der Waals surface area contributed by atoms with Gasteiger partial charge in [0.15, 0.2) is 0 Å². The summed E-state index contributed by atoms with van der Waals surface area (Å²) in [6.45, 7) is 1.77. The van der Waals surface area contributed by atoms with Crippen LogP contribution in [-0.4, -0.2) is 4.98 Å². The fourth-order valence-corrected chi connectivity index (χ4v) is 1.25. The van der Waals surface area contributed by atoms with Gasteiger partial charge in [-0.1, -0.05) is 11.8 Å². The van der Waals surface area contributed by atoms with Gasteiger partial charge in [0.2, 0.25) is 0 Å². The maximum atomic E-state index is 13.1. The van der Waals surface area contributed by atoms with Crippen molar-refractivity contribution >= 4 is 10.9 Å². The maximum absolute atomic E-state index is 13.1. The molecule has 0 bridgehead atoms. The van der Waals surface area contributed by atoms with Gasteiger partial charge in [-0.3, -0.25) is 4.98 Å². The molecule has 0 unspecified atom stereocenters. The zero-order valence-electron chi connectivity index (χ0n) is 7.04. The third kappa shape index (κ3) is 1.22. The molecule has 66 valence electrons. The second-order valence-corrected chi connectivity index (χ2v) is 2.89. The van der Waals surface area contributed by atoms with E-state index in [1.165, 1.54) is 12.1 Å².